The van der Waals surface area contributed by atoms with Gasteiger partial charge in [0.25, 0.3) is 0 Å². The van der Waals surface area contributed by atoms with Gasteiger partial charge >= 0.3 is 0 Å². The van der Waals surface area contributed by atoms with Crippen LogP contribution in [0, 0.1) is 0 Å². The van der Waals surface area contributed by atoms with E-state index in [1.54, 1.807) is 11.9 Å². The van der Waals surface area contributed by atoms with Crippen LogP contribution < -0.4 is 4.72 Å². The van der Waals surface area contributed by atoms with Crippen LogP contribution in [0.4, 0.5) is 0 Å². The molecular formula is C19H21BrN2O3S. The van der Waals surface area contributed by atoms with Crippen LogP contribution in [0.25, 0.3) is 6.08 Å². The Morgan fingerprint density at radius 1 is 1.12 bits per heavy atom. The highest BCUT2D eigenvalue weighted by molar-refractivity contribution is 9.10. The average Bonchev–Trinajstić information content (AvgIpc) is 2.62. The summed E-state index contributed by atoms with van der Waals surface area (Å²) in [6, 6.07) is 16.9. The Bertz CT molecular complexity index is 850. The molecule has 0 saturated heterocycles. The van der Waals surface area contributed by atoms with Crippen LogP contribution in [-0.2, 0) is 21.4 Å². The Morgan fingerprint density at radius 3 is 2.42 bits per heavy atom. The maximum atomic E-state index is 12.1. The quantitative estimate of drug-likeness (QED) is 0.689. The van der Waals surface area contributed by atoms with E-state index in [0.717, 1.165) is 21.0 Å². The highest BCUT2D eigenvalue weighted by atomic mass is 79.9. The van der Waals surface area contributed by atoms with Crippen molar-refractivity contribution in [3.8, 4) is 0 Å². The molecule has 0 radical (unpaired) electrons. The van der Waals surface area contributed by atoms with Gasteiger partial charge in [0.15, 0.2) is 0 Å². The molecule has 0 aliphatic heterocycles. The predicted molar refractivity (Wildman–Crippen MR) is 108 cm³/mol. The number of carbonyl (C=O) groups is 1. The topological polar surface area (TPSA) is 66.5 Å². The third-order valence-electron chi connectivity index (χ3n) is 3.64. The largest absolute Gasteiger partial charge is 0.341 e. The third-order valence-corrected chi connectivity index (χ3v) is 5.27. The van der Waals surface area contributed by atoms with Crippen molar-refractivity contribution in [3.63, 3.8) is 0 Å². The van der Waals surface area contributed by atoms with E-state index in [2.05, 4.69) is 20.7 Å². The van der Waals surface area contributed by atoms with E-state index in [9.17, 15) is 13.2 Å². The molecule has 26 heavy (non-hydrogen) atoms. The average molecular weight is 437 g/mol. The van der Waals surface area contributed by atoms with E-state index in [0.29, 0.717) is 6.54 Å². The predicted octanol–water partition coefficient (Wildman–Crippen LogP) is 3.39. The van der Waals surface area contributed by atoms with E-state index in [1.165, 1.54) is 6.08 Å². The second-order valence-electron chi connectivity index (χ2n) is 5.78. The molecule has 0 atom stereocenters. The molecule has 0 aliphatic rings. The summed E-state index contributed by atoms with van der Waals surface area (Å²) in [6.45, 7) is 0.539. The van der Waals surface area contributed by atoms with Crippen molar-refractivity contribution in [2.75, 3.05) is 13.6 Å². The summed E-state index contributed by atoms with van der Waals surface area (Å²) in [7, 11) is -1.87. The maximum absolute atomic E-state index is 12.1. The minimum Gasteiger partial charge on any atom is -0.341 e. The lowest BCUT2D eigenvalue weighted by molar-refractivity contribution is -0.130. The SMILES string of the molecule is CN(Cc1ccc(Br)cc1)C(=O)CCNS(=O)(=O)/C=C/c1ccccc1. The number of carbonyl (C=O) groups excluding carboxylic acids is 1. The van der Waals surface area contributed by atoms with Crippen LogP contribution in [0.1, 0.15) is 17.5 Å². The Hall–Kier alpha value is -1.96. The monoisotopic (exact) mass is 436 g/mol. The molecule has 0 bridgehead atoms. The Morgan fingerprint density at radius 2 is 1.77 bits per heavy atom. The molecule has 1 amide bonds. The second-order valence-corrected chi connectivity index (χ2v) is 8.35. The Balaban J connectivity index is 1.79. The standard InChI is InChI=1S/C19H21BrN2O3S/c1-22(15-17-7-9-18(20)10-8-17)19(23)11-13-21-26(24,25)14-12-16-5-3-2-4-6-16/h2-10,12,14,21H,11,13,15H2,1H3/b14-12+. The van der Waals surface area contributed by atoms with E-state index in [1.807, 2.05) is 54.6 Å². The van der Waals surface area contributed by atoms with Gasteiger partial charge in [-0.25, -0.2) is 13.1 Å². The lowest BCUT2D eigenvalue weighted by Crippen LogP contribution is -2.31. The molecule has 0 aromatic heterocycles. The fourth-order valence-electron chi connectivity index (χ4n) is 2.22. The maximum Gasteiger partial charge on any atom is 0.233 e. The highest BCUT2D eigenvalue weighted by Crippen LogP contribution is 2.12. The fraction of sp³-hybridized carbons (Fsp3) is 0.211. The van der Waals surface area contributed by atoms with Crippen molar-refractivity contribution in [1.29, 1.82) is 0 Å². The molecule has 2 aromatic rings. The summed E-state index contributed by atoms with van der Waals surface area (Å²) in [5, 5.41) is 1.11. The number of nitrogens with one attached hydrogen (secondary N) is 1. The summed E-state index contributed by atoms with van der Waals surface area (Å²) in [4.78, 5) is 13.7. The molecule has 0 aliphatic carbocycles. The molecule has 0 saturated carbocycles. The normalized spacial score (nSPS) is 11.6. The number of sulfonamides is 1. The summed E-state index contributed by atoms with van der Waals surface area (Å²) in [6.07, 6.45) is 1.62. The van der Waals surface area contributed by atoms with E-state index >= 15 is 0 Å². The summed E-state index contributed by atoms with van der Waals surface area (Å²) < 4.78 is 27.3. The Labute approximate surface area is 162 Å². The smallest absolute Gasteiger partial charge is 0.233 e. The van der Waals surface area contributed by atoms with Crippen LogP contribution in [0.3, 0.4) is 0 Å². The molecule has 1 N–H and O–H groups in total. The van der Waals surface area contributed by atoms with Crippen LogP contribution in [-0.4, -0.2) is 32.8 Å². The zero-order chi connectivity index (χ0) is 19.0. The molecule has 0 fully saturated rings. The number of rotatable bonds is 8. The molecule has 5 nitrogen and oxygen atoms in total. The van der Waals surface area contributed by atoms with Crippen LogP contribution in [0.15, 0.2) is 64.5 Å². The molecule has 2 aromatic carbocycles. The van der Waals surface area contributed by atoms with Gasteiger partial charge in [-0.15, -0.1) is 0 Å². The third kappa shape index (κ3) is 7.11. The van der Waals surface area contributed by atoms with Crippen molar-refractivity contribution in [2.24, 2.45) is 0 Å². The van der Waals surface area contributed by atoms with Gasteiger partial charge in [0, 0.05) is 36.4 Å². The van der Waals surface area contributed by atoms with Crippen molar-refractivity contribution in [1.82, 2.24) is 9.62 Å². The Kier molecular flexibility index (Phi) is 7.56. The zero-order valence-corrected chi connectivity index (χ0v) is 16.8. The molecule has 2 rings (SSSR count). The van der Waals surface area contributed by atoms with Gasteiger partial charge in [-0.2, -0.15) is 0 Å². The first-order valence-corrected chi connectivity index (χ1v) is 10.4. The number of hydrogen-bond donors (Lipinski definition) is 1. The number of amides is 1. The minimum atomic E-state index is -3.57. The van der Waals surface area contributed by atoms with Gasteiger partial charge in [0.2, 0.25) is 15.9 Å². The van der Waals surface area contributed by atoms with Gasteiger partial charge < -0.3 is 4.90 Å². The van der Waals surface area contributed by atoms with E-state index in [4.69, 9.17) is 0 Å². The molecular weight excluding hydrogens is 416 g/mol. The lowest BCUT2D eigenvalue weighted by atomic mass is 10.2. The van der Waals surface area contributed by atoms with Crippen LogP contribution >= 0.6 is 15.9 Å². The van der Waals surface area contributed by atoms with Gasteiger partial charge in [0.05, 0.1) is 0 Å². The van der Waals surface area contributed by atoms with Gasteiger partial charge in [-0.1, -0.05) is 58.4 Å². The fourth-order valence-corrected chi connectivity index (χ4v) is 3.31. The summed E-state index contributed by atoms with van der Waals surface area (Å²) in [5.74, 6) is -0.123. The number of hydrogen-bond acceptors (Lipinski definition) is 3. The van der Waals surface area contributed by atoms with Crippen molar-refractivity contribution in [3.05, 3.63) is 75.6 Å². The van der Waals surface area contributed by atoms with Crippen molar-refractivity contribution in [2.45, 2.75) is 13.0 Å². The molecule has 7 heteroatoms. The number of benzene rings is 2. The van der Waals surface area contributed by atoms with Crippen LogP contribution in [0.5, 0.6) is 0 Å². The molecule has 0 unspecified atom stereocenters. The van der Waals surface area contributed by atoms with E-state index < -0.39 is 10.0 Å². The van der Waals surface area contributed by atoms with Gasteiger partial charge in [0.1, 0.15) is 0 Å². The summed E-state index contributed by atoms with van der Waals surface area (Å²) >= 11 is 3.37. The van der Waals surface area contributed by atoms with Crippen LogP contribution in [0.2, 0.25) is 0 Å². The van der Waals surface area contributed by atoms with Crippen molar-refractivity contribution >= 4 is 37.9 Å². The first-order chi connectivity index (χ1) is 12.4. The molecule has 0 heterocycles. The molecule has 138 valence electrons. The van der Waals surface area contributed by atoms with Crippen molar-refractivity contribution < 1.29 is 13.2 Å². The second kappa shape index (κ2) is 9.66. The summed E-state index contributed by atoms with van der Waals surface area (Å²) in [5.41, 5.74) is 1.80. The van der Waals surface area contributed by atoms with Gasteiger partial charge in [-0.3, -0.25) is 4.79 Å². The van der Waals surface area contributed by atoms with Gasteiger partial charge in [-0.05, 0) is 29.3 Å². The first kappa shape index (κ1) is 20.4. The molecule has 0 spiro atoms. The first-order valence-electron chi connectivity index (χ1n) is 8.07. The lowest BCUT2D eigenvalue weighted by Gasteiger charge is -2.17. The highest BCUT2D eigenvalue weighted by Gasteiger charge is 2.11. The minimum absolute atomic E-state index is 0.0605. The zero-order valence-electron chi connectivity index (χ0n) is 14.4. The number of halogens is 1. The van der Waals surface area contributed by atoms with E-state index in [-0.39, 0.29) is 18.9 Å². The number of nitrogens with zero attached hydrogens (tertiary/aromatic N) is 1.